The molecular formula is C16H25N3O2. The molecule has 1 heterocycles. The van der Waals surface area contributed by atoms with Gasteiger partial charge in [0.25, 0.3) is 5.91 Å². The van der Waals surface area contributed by atoms with Crippen molar-refractivity contribution in [1.82, 2.24) is 10.3 Å². The Balaban J connectivity index is 1.87. The molecule has 21 heavy (non-hydrogen) atoms. The highest BCUT2D eigenvalue weighted by atomic mass is 16.5. The van der Waals surface area contributed by atoms with Crippen molar-refractivity contribution in [2.45, 2.75) is 45.2 Å². The summed E-state index contributed by atoms with van der Waals surface area (Å²) in [4.78, 5) is 14.0. The van der Waals surface area contributed by atoms with Gasteiger partial charge >= 0.3 is 0 Å². The van der Waals surface area contributed by atoms with E-state index in [0.29, 0.717) is 30.0 Å². The summed E-state index contributed by atoms with van der Waals surface area (Å²) in [5.74, 6) is 5.53. The van der Waals surface area contributed by atoms with Crippen molar-refractivity contribution in [3.05, 3.63) is 29.8 Å². The Morgan fingerprint density at radius 3 is 2.76 bits per heavy atom. The number of hydrazine groups is 1. The highest BCUT2D eigenvalue weighted by Gasteiger charge is 2.24. The summed E-state index contributed by atoms with van der Waals surface area (Å²) in [6.07, 6.45) is 3.84. The molecule has 1 aromatic rings. The van der Waals surface area contributed by atoms with E-state index < -0.39 is 0 Å². The zero-order valence-electron chi connectivity index (χ0n) is 12.8. The van der Waals surface area contributed by atoms with Crippen molar-refractivity contribution in [2.75, 3.05) is 13.2 Å². The summed E-state index contributed by atoms with van der Waals surface area (Å²) in [5, 5.41) is 0. The van der Waals surface area contributed by atoms with Crippen LogP contribution in [-0.4, -0.2) is 36.0 Å². The fourth-order valence-corrected chi connectivity index (χ4v) is 2.99. The maximum Gasteiger partial charge on any atom is 0.265 e. The minimum atomic E-state index is -0.307. The van der Waals surface area contributed by atoms with Gasteiger partial charge in [0.05, 0.1) is 0 Å². The highest BCUT2D eigenvalue weighted by Crippen LogP contribution is 2.22. The minimum absolute atomic E-state index is 0.307. The number of carbonyl (C=O) groups is 1. The van der Waals surface area contributed by atoms with Crippen LogP contribution in [0.25, 0.3) is 0 Å². The standard InChI is InChI=1S/C16H25N3O2/c1-12-5-3-6-13(2)19(12)9-10-21-15-8-4-7-14(11-15)16(20)18-17/h4,7-8,11-13H,3,5-6,9-10,17H2,1-2H3,(H,18,20)/t12-,13+. The first kappa shape index (κ1) is 15.8. The van der Waals surface area contributed by atoms with Crippen molar-refractivity contribution in [1.29, 1.82) is 0 Å². The van der Waals surface area contributed by atoms with Gasteiger partial charge in [-0.25, -0.2) is 5.84 Å². The van der Waals surface area contributed by atoms with Crippen LogP contribution in [-0.2, 0) is 0 Å². The lowest BCUT2D eigenvalue weighted by atomic mass is 9.98. The predicted octanol–water partition coefficient (Wildman–Crippen LogP) is 1.93. The number of carbonyl (C=O) groups excluding carboxylic acids is 1. The summed E-state index contributed by atoms with van der Waals surface area (Å²) in [5.41, 5.74) is 2.63. The molecule has 1 saturated heterocycles. The molecule has 1 aliphatic rings. The number of amides is 1. The molecule has 1 aliphatic heterocycles. The molecular weight excluding hydrogens is 266 g/mol. The lowest BCUT2D eigenvalue weighted by molar-refractivity contribution is 0.0851. The van der Waals surface area contributed by atoms with E-state index in [2.05, 4.69) is 24.2 Å². The Morgan fingerprint density at radius 1 is 1.38 bits per heavy atom. The molecule has 0 bridgehead atoms. The Bertz CT molecular complexity index is 468. The Morgan fingerprint density at radius 2 is 2.10 bits per heavy atom. The largest absolute Gasteiger partial charge is 0.492 e. The lowest BCUT2D eigenvalue weighted by Crippen LogP contribution is -2.45. The molecule has 0 unspecified atom stereocenters. The van der Waals surface area contributed by atoms with E-state index in [1.54, 1.807) is 18.2 Å². The molecule has 116 valence electrons. The van der Waals surface area contributed by atoms with Crippen molar-refractivity contribution in [3.8, 4) is 5.75 Å². The molecule has 0 saturated carbocycles. The van der Waals surface area contributed by atoms with Crippen LogP contribution < -0.4 is 16.0 Å². The average molecular weight is 291 g/mol. The lowest BCUT2D eigenvalue weighted by Gasteiger charge is -2.38. The van der Waals surface area contributed by atoms with Gasteiger partial charge in [-0.1, -0.05) is 12.5 Å². The molecule has 3 N–H and O–H groups in total. The van der Waals surface area contributed by atoms with Gasteiger partial charge in [-0.3, -0.25) is 15.1 Å². The highest BCUT2D eigenvalue weighted by molar-refractivity contribution is 5.94. The van der Waals surface area contributed by atoms with E-state index >= 15 is 0 Å². The van der Waals surface area contributed by atoms with Crippen LogP contribution in [0.4, 0.5) is 0 Å². The smallest absolute Gasteiger partial charge is 0.265 e. The summed E-state index contributed by atoms with van der Waals surface area (Å²) in [6.45, 7) is 6.10. The Kier molecular flexibility index (Phi) is 5.59. The van der Waals surface area contributed by atoms with Gasteiger partial charge in [0.2, 0.25) is 0 Å². The van der Waals surface area contributed by atoms with Gasteiger partial charge in [0, 0.05) is 24.2 Å². The van der Waals surface area contributed by atoms with Crippen LogP contribution in [0.15, 0.2) is 24.3 Å². The van der Waals surface area contributed by atoms with E-state index in [9.17, 15) is 4.79 Å². The summed E-state index contributed by atoms with van der Waals surface area (Å²) >= 11 is 0. The van der Waals surface area contributed by atoms with E-state index in [1.807, 2.05) is 6.07 Å². The maximum absolute atomic E-state index is 11.5. The number of nitrogens with two attached hydrogens (primary N) is 1. The van der Waals surface area contributed by atoms with Crippen LogP contribution in [0.2, 0.25) is 0 Å². The molecule has 1 fully saturated rings. The van der Waals surface area contributed by atoms with Crippen LogP contribution in [0, 0.1) is 0 Å². The van der Waals surface area contributed by atoms with Crippen molar-refractivity contribution in [3.63, 3.8) is 0 Å². The second-order valence-electron chi connectivity index (χ2n) is 5.72. The fraction of sp³-hybridized carbons (Fsp3) is 0.562. The fourth-order valence-electron chi connectivity index (χ4n) is 2.99. The molecule has 0 radical (unpaired) electrons. The monoisotopic (exact) mass is 291 g/mol. The van der Waals surface area contributed by atoms with Crippen LogP contribution >= 0.6 is 0 Å². The first-order valence-corrected chi connectivity index (χ1v) is 7.61. The first-order valence-electron chi connectivity index (χ1n) is 7.61. The van der Waals surface area contributed by atoms with Gasteiger partial charge in [-0.05, 0) is 44.9 Å². The predicted molar refractivity (Wildman–Crippen MR) is 83.1 cm³/mol. The summed E-state index contributed by atoms with van der Waals surface area (Å²) in [6, 6.07) is 8.32. The SMILES string of the molecule is C[C@@H]1CCC[C@H](C)N1CCOc1cccc(C(=O)NN)c1. The van der Waals surface area contributed by atoms with Crippen molar-refractivity contribution in [2.24, 2.45) is 5.84 Å². The van der Waals surface area contributed by atoms with Gasteiger partial charge in [-0.2, -0.15) is 0 Å². The summed E-state index contributed by atoms with van der Waals surface area (Å²) < 4.78 is 5.78. The van der Waals surface area contributed by atoms with Crippen LogP contribution in [0.1, 0.15) is 43.5 Å². The number of likely N-dealkylation sites (tertiary alicyclic amines) is 1. The zero-order valence-corrected chi connectivity index (χ0v) is 12.8. The van der Waals surface area contributed by atoms with Crippen LogP contribution in [0.5, 0.6) is 5.75 Å². The third kappa shape index (κ3) is 4.19. The number of nitrogen functional groups attached to an aromatic ring is 1. The van der Waals surface area contributed by atoms with Gasteiger partial charge in [0.1, 0.15) is 12.4 Å². The zero-order chi connectivity index (χ0) is 15.2. The number of benzene rings is 1. The molecule has 2 rings (SSSR count). The number of ether oxygens (including phenoxy) is 1. The Hall–Kier alpha value is -1.59. The van der Waals surface area contributed by atoms with Gasteiger partial charge in [0.15, 0.2) is 0 Å². The molecule has 5 heteroatoms. The second kappa shape index (κ2) is 7.43. The summed E-state index contributed by atoms with van der Waals surface area (Å²) in [7, 11) is 0. The van der Waals surface area contributed by atoms with Gasteiger partial charge in [-0.15, -0.1) is 0 Å². The third-order valence-corrected chi connectivity index (χ3v) is 4.22. The average Bonchev–Trinajstić information content (AvgIpc) is 2.50. The van der Waals surface area contributed by atoms with E-state index in [-0.39, 0.29) is 5.91 Å². The normalized spacial score (nSPS) is 22.8. The number of hydrogen-bond donors (Lipinski definition) is 2. The molecule has 1 aromatic carbocycles. The molecule has 5 nitrogen and oxygen atoms in total. The van der Waals surface area contributed by atoms with Crippen molar-refractivity contribution >= 4 is 5.91 Å². The number of piperidine rings is 1. The first-order chi connectivity index (χ1) is 10.1. The topological polar surface area (TPSA) is 67.6 Å². The number of nitrogens with zero attached hydrogens (tertiary/aromatic N) is 1. The molecule has 1 amide bonds. The van der Waals surface area contributed by atoms with Crippen LogP contribution in [0.3, 0.4) is 0 Å². The molecule has 0 aliphatic carbocycles. The molecule has 2 atom stereocenters. The maximum atomic E-state index is 11.5. The minimum Gasteiger partial charge on any atom is -0.492 e. The number of nitrogens with one attached hydrogen (secondary N) is 1. The van der Waals surface area contributed by atoms with E-state index in [1.165, 1.54) is 19.3 Å². The Labute approximate surface area is 126 Å². The van der Waals surface area contributed by atoms with E-state index in [4.69, 9.17) is 10.6 Å². The molecule has 0 aromatic heterocycles. The van der Waals surface area contributed by atoms with Crippen molar-refractivity contribution < 1.29 is 9.53 Å². The quantitative estimate of drug-likeness (QED) is 0.494. The van der Waals surface area contributed by atoms with E-state index in [0.717, 1.165) is 6.54 Å². The van der Waals surface area contributed by atoms with Gasteiger partial charge < -0.3 is 4.74 Å². The third-order valence-electron chi connectivity index (χ3n) is 4.22. The number of hydrogen-bond acceptors (Lipinski definition) is 4. The second-order valence-corrected chi connectivity index (χ2v) is 5.72. The molecule has 0 spiro atoms. The number of rotatable bonds is 5.